The number of piperidine rings is 1. The summed E-state index contributed by atoms with van der Waals surface area (Å²) >= 11 is 1.87. The number of thioether (sulfide) groups is 1. The SMILES string of the molecule is CCOC(=O)C(CCc1ccccc1)N[C@@H](C)C(=O)N1CC2(CCSC2)CC[C@H]1C(=O)O. The predicted octanol–water partition coefficient (Wildman–Crippen LogP) is 2.73. The van der Waals surface area contributed by atoms with Gasteiger partial charge in [0.1, 0.15) is 12.1 Å². The van der Waals surface area contributed by atoms with Gasteiger partial charge in [-0.15, -0.1) is 0 Å². The molecule has 0 bridgehead atoms. The molecule has 1 aromatic rings. The summed E-state index contributed by atoms with van der Waals surface area (Å²) < 4.78 is 5.23. The zero-order valence-electron chi connectivity index (χ0n) is 18.9. The second-order valence-electron chi connectivity index (χ2n) is 8.88. The molecule has 2 saturated heterocycles. The van der Waals surface area contributed by atoms with Gasteiger partial charge in [-0.2, -0.15) is 11.8 Å². The molecule has 176 valence electrons. The van der Waals surface area contributed by atoms with Crippen molar-refractivity contribution in [3.8, 4) is 0 Å². The molecule has 32 heavy (non-hydrogen) atoms. The molecule has 4 atom stereocenters. The van der Waals surface area contributed by atoms with E-state index in [1.54, 1.807) is 13.8 Å². The number of amides is 1. The molecule has 2 N–H and O–H groups in total. The summed E-state index contributed by atoms with van der Waals surface area (Å²) in [6.45, 7) is 4.19. The average molecular weight is 463 g/mol. The normalized spacial score (nSPS) is 24.8. The quantitative estimate of drug-likeness (QED) is 0.545. The molecule has 0 aromatic heterocycles. The van der Waals surface area contributed by atoms with E-state index >= 15 is 0 Å². The Hall–Kier alpha value is -2.06. The van der Waals surface area contributed by atoms with Gasteiger partial charge in [-0.25, -0.2) is 4.79 Å². The molecular weight excluding hydrogens is 428 g/mol. The van der Waals surface area contributed by atoms with Crippen molar-refractivity contribution in [3.05, 3.63) is 35.9 Å². The minimum absolute atomic E-state index is 0.0137. The molecule has 2 aliphatic heterocycles. The number of carboxylic acid groups (broad SMARTS) is 1. The van der Waals surface area contributed by atoms with Crippen LogP contribution in [0.4, 0.5) is 0 Å². The van der Waals surface area contributed by atoms with Crippen LogP contribution in [-0.2, 0) is 25.5 Å². The van der Waals surface area contributed by atoms with Gasteiger partial charge >= 0.3 is 11.9 Å². The molecule has 1 amide bonds. The van der Waals surface area contributed by atoms with Crippen LogP contribution in [0.15, 0.2) is 30.3 Å². The molecule has 1 aromatic carbocycles. The minimum Gasteiger partial charge on any atom is -0.480 e. The van der Waals surface area contributed by atoms with E-state index in [4.69, 9.17) is 4.74 Å². The number of esters is 1. The number of nitrogens with one attached hydrogen (secondary N) is 1. The molecule has 0 aliphatic carbocycles. The van der Waals surface area contributed by atoms with Crippen molar-refractivity contribution in [2.45, 2.75) is 64.1 Å². The molecule has 3 rings (SSSR count). The maximum atomic E-state index is 13.4. The second-order valence-corrected chi connectivity index (χ2v) is 9.98. The molecule has 0 radical (unpaired) electrons. The van der Waals surface area contributed by atoms with Gasteiger partial charge in [0, 0.05) is 12.3 Å². The number of ether oxygens (including phenoxy) is 1. The Morgan fingerprint density at radius 1 is 1.28 bits per heavy atom. The van der Waals surface area contributed by atoms with E-state index < -0.39 is 24.1 Å². The van der Waals surface area contributed by atoms with Crippen molar-refractivity contribution in [2.75, 3.05) is 24.7 Å². The van der Waals surface area contributed by atoms with E-state index in [1.807, 2.05) is 42.1 Å². The zero-order chi connectivity index (χ0) is 23.1. The van der Waals surface area contributed by atoms with Gasteiger partial charge in [-0.3, -0.25) is 14.9 Å². The Labute approximate surface area is 194 Å². The Bertz CT molecular complexity index is 797. The highest BCUT2D eigenvalue weighted by molar-refractivity contribution is 7.99. The van der Waals surface area contributed by atoms with E-state index in [1.165, 1.54) is 4.90 Å². The third-order valence-corrected chi connectivity index (χ3v) is 7.85. The monoisotopic (exact) mass is 462 g/mol. The second kappa shape index (κ2) is 11.2. The van der Waals surface area contributed by atoms with Crippen molar-refractivity contribution >= 4 is 29.6 Å². The van der Waals surface area contributed by atoms with Crippen LogP contribution >= 0.6 is 11.8 Å². The van der Waals surface area contributed by atoms with Crippen molar-refractivity contribution in [1.29, 1.82) is 0 Å². The Balaban J connectivity index is 1.69. The molecule has 2 heterocycles. The molecule has 8 heteroatoms. The first-order valence-corrected chi connectivity index (χ1v) is 12.6. The third kappa shape index (κ3) is 6.04. The molecule has 1 spiro atoms. The van der Waals surface area contributed by atoms with Gasteiger partial charge in [0.25, 0.3) is 0 Å². The molecule has 2 unspecified atom stereocenters. The number of rotatable bonds is 9. The van der Waals surface area contributed by atoms with Gasteiger partial charge in [-0.1, -0.05) is 30.3 Å². The number of aliphatic carboxylic acids is 1. The molecule has 7 nitrogen and oxygen atoms in total. The minimum atomic E-state index is -0.961. The first-order valence-electron chi connectivity index (χ1n) is 11.4. The number of hydrogen-bond donors (Lipinski definition) is 2. The van der Waals surface area contributed by atoms with Crippen molar-refractivity contribution in [2.24, 2.45) is 5.41 Å². The number of carboxylic acids is 1. The molecule has 2 fully saturated rings. The summed E-state index contributed by atoms with van der Waals surface area (Å²) in [7, 11) is 0. The summed E-state index contributed by atoms with van der Waals surface area (Å²) in [5.74, 6) is 0.408. The number of benzene rings is 1. The van der Waals surface area contributed by atoms with E-state index in [9.17, 15) is 19.5 Å². The van der Waals surface area contributed by atoms with Gasteiger partial charge in [0.05, 0.1) is 12.6 Å². The van der Waals surface area contributed by atoms with Crippen molar-refractivity contribution < 1.29 is 24.2 Å². The Morgan fingerprint density at radius 3 is 2.66 bits per heavy atom. The maximum absolute atomic E-state index is 13.4. The van der Waals surface area contributed by atoms with Crippen LogP contribution in [0, 0.1) is 5.41 Å². The lowest BCUT2D eigenvalue weighted by Gasteiger charge is -2.44. The smallest absolute Gasteiger partial charge is 0.326 e. The van der Waals surface area contributed by atoms with Crippen LogP contribution in [0.5, 0.6) is 0 Å². The Kier molecular flexibility index (Phi) is 8.59. The number of aryl methyl sites for hydroxylation is 1. The van der Waals surface area contributed by atoms with Gasteiger partial charge in [0.15, 0.2) is 0 Å². The van der Waals surface area contributed by atoms with Crippen LogP contribution in [0.1, 0.15) is 45.1 Å². The fourth-order valence-electron chi connectivity index (χ4n) is 4.70. The van der Waals surface area contributed by atoms with Gasteiger partial charge in [0.2, 0.25) is 5.91 Å². The first kappa shape index (κ1) is 24.6. The van der Waals surface area contributed by atoms with Crippen molar-refractivity contribution in [1.82, 2.24) is 10.2 Å². The van der Waals surface area contributed by atoms with E-state index in [0.717, 1.165) is 29.9 Å². The molecule has 2 aliphatic rings. The largest absolute Gasteiger partial charge is 0.480 e. The topological polar surface area (TPSA) is 95.9 Å². The summed E-state index contributed by atoms with van der Waals surface area (Å²) in [5, 5.41) is 12.9. The van der Waals surface area contributed by atoms with Crippen LogP contribution in [0.2, 0.25) is 0 Å². The van der Waals surface area contributed by atoms with Gasteiger partial charge in [-0.05, 0) is 62.7 Å². The number of carbonyl (C=O) groups is 3. The van der Waals surface area contributed by atoms with Crippen LogP contribution in [0.25, 0.3) is 0 Å². The highest BCUT2D eigenvalue weighted by Gasteiger charge is 2.46. The summed E-state index contributed by atoms with van der Waals surface area (Å²) in [5.41, 5.74) is 1.12. The average Bonchev–Trinajstić information content (AvgIpc) is 3.24. The molecule has 0 saturated carbocycles. The van der Waals surface area contributed by atoms with E-state index in [2.05, 4.69) is 5.32 Å². The number of likely N-dealkylation sites (tertiary alicyclic amines) is 1. The van der Waals surface area contributed by atoms with Crippen LogP contribution in [0.3, 0.4) is 0 Å². The number of nitrogens with zero attached hydrogens (tertiary/aromatic N) is 1. The first-order chi connectivity index (χ1) is 15.3. The van der Waals surface area contributed by atoms with Crippen LogP contribution < -0.4 is 5.32 Å². The zero-order valence-corrected chi connectivity index (χ0v) is 19.7. The predicted molar refractivity (Wildman–Crippen MR) is 125 cm³/mol. The fraction of sp³-hybridized carbons (Fsp3) is 0.625. The fourth-order valence-corrected chi connectivity index (χ4v) is 6.23. The summed E-state index contributed by atoms with van der Waals surface area (Å²) in [6.07, 6.45) is 3.48. The Morgan fingerprint density at radius 2 is 2.03 bits per heavy atom. The lowest BCUT2D eigenvalue weighted by atomic mass is 9.77. The highest BCUT2D eigenvalue weighted by atomic mass is 32.2. The van der Waals surface area contributed by atoms with Crippen LogP contribution in [-0.4, -0.2) is 70.6 Å². The lowest BCUT2D eigenvalue weighted by Crippen LogP contribution is -2.59. The summed E-state index contributed by atoms with van der Waals surface area (Å²) in [6, 6.07) is 7.71. The summed E-state index contributed by atoms with van der Waals surface area (Å²) in [4.78, 5) is 39.4. The maximum Gasteiger partial charge on any atom is 0.326 e. The van der Waals surface area contributed by atoms with Gasteiger partial charge < -0.3 is 14.7 Å². The number of carbonyl (C=O) groups excluding carboxylic acids is 2. The van der Waals surface area contributed by atoms with E-state index in [-0.39, 0.29) is 23.9 Å². The van der Waals surface area contributed by atoms with Crippen molar-refractivity contribution in [3.63, 3.8) is 0 Å². The standard InChI is InChI=1S/C24H34N2O5S/c1-3-31-23(30)19(10-9-18-7-5-4-6-8-18)25-17(2)21(27)26-15-24(13-14-32-16-24)12-11-20(26)22(28)29/h4-8,17,19-20,25H,3,9-16H2,1-2H3,(H,28,29)/t17-,19?,20-,24?/m0/s1. The lowest BCUT2D eigenvalue weighted by molar-refractivity contribution is -0.156. The third-order valence-electron chi connectivity index (χ3n) is 6.54. The molecular formula is C24H34N2O5S. The number of hydrogen-bond acceptors (Lipinski definition) is 6. The highest BCUT2D eigenvalue weighted by Crippen LogP contribution is 2.44. The van der Waals surface area contributed by atoms with E-state index in [0.29, 0.717) is 25.8 Å².